The number of hydrogen-bond donors (Lipinski definition) is 6. The van der Waals surface area contributed by atoms with E-state index in [4.69, 9.17) is 0 Å². The minimum atomic E-state index is 1.02. The van der Waals surface area contributed by atoms with Crippen LogP contribution in [0.4, 0.5) is 0 Å². The molecule has 2 fully saturated rings. The van der Waals surface area contributed by atoms with Crippen molar-refractivity contribution in [1.29, 1.82) is 0 Å². The first kappa shape index (κ1) is 33.5. The molecule has 2 heterocycles. The van der Waals surface area contributed by atoms with Gasteiger partial charge in [-0.1, -0.05) is 36.4 Å². The smallest absolute Gasteiger partial charge is 0.0246 e. The summed E-state index contributed by atoms with van der Waals surface area (Å²) in [5.74, 6) is 0. The monoisotopic (exact) mass is 604 g/mol. The molecule has 8 heteroatoms. The fourth-order valence-electron chi connectivity index (χ4n) is 6.98. The first-order valence-electron chi connectivity index (χ1n) is 17.8. The Morgan fingerprint density at radius 3 is 1.25 bits per heavy atom. The molecule has 3 aliphatic rings. The molecule has 0 amide bonds. The molecule has 44 heavy (non-hydrogen) atoms. The van der Waals surface area contributed by atoms with Crippen LogP contribution < -0.4 is 42.3 Å². The number of rotatable bonds is 4. The van der Waals surface area contributed by atoms with Crippen LogP contribution in [0.1, 0.15) is 49.7 Å². The van der Waals surface area contributed by atoms with Gasteiger partial charge in [0.15, 0.2) is 0 Å². The lowest BCUT2D eigenvalue weighted by Crippen LogP contribution is -2.42. The quantitative estimate of drug-likeness (QED) is 0.308. The van der Waals surface area contributed by atoms with E-state index in [1.165, 1.54) is 58.0 Å². The normalized spacial score (nSPS) is 22.2. The van der Waals surface area contributed by atoms with Gasteiger partial charge in [-0.05, 0) is 123 Å². The van der Waals surface area contributed by atoms with Crippen molar-refractivity contribution in [2.75, 3.05) is 105 Å². The van der Waals surface area contributed by atoms with E-state index in [0.717, 1.165) is 131 Å². The summed E-state index contributed by atoms with van der Waals surface area (Å²) in [5, 5.41) is 27.7. The SMILES string of the molecule is C1=c2c(CN3CCCNCCNCCCNCC3)c3ccccc3c(CN3CCCNCCNCCCNCC3)c2=CCC1. The Morgan fingerprint density at radius 2 is 0.818 bits per heavy atom. The van der Waals surface area contributed by atoms with Crippen molar-refractivity contribution in [2.24, 2.45) is 0 Å². The summed E-state index contributed by atoms with van der Waals surface area (Å²) >= 11 is 0. The number of fused-ring (bicyclic) bond motifs is 2. The van der Waals surface area contributed by atoms with Gasteiger partial charge in [-0.25, -0.2) is 0 Å². The van der Waals surface area contributed by atoms with Crippen LogP contribution in [0.25, 0.3) is 22.9 Å². The summed E-state index contributed by atoms with van der Waals surface area (Å²) < 4.78 is 0. The van der Waals surface area contributed by atoms with Crippen molar-refractivity contribution in [3.63, 3.8) is 0 Å². The van der Waals surface area contributed by atoms with Gasteiger partial charge in [0, 0.05) is 65.4 Å². The topological polar surface area (TPSA) is 78.7 Å². The molecule has 5 rings (SSSR count). The molecule has 2 aromatic carbocycles. The predicted molar refractivity (Wildman–Crippen MR) is 188 cm³/mol. The molecule has 0 atom stereocenters. The molecule has 1 aliphatic carbocycles. The van der Waals surface area contributed by atoms with Gasteiger partial charge >= 0.3 is 0 Å². The summed E-state index contributed by atoms with van der Waals surface area (Å²) in [5.41, 5.74) is 3.07. The number of hydrogen-bond acceptors (Lipinski definition) is 8. The average molecular weight is 605 g/mol. The van der Waals surface area contributed by atoms with Gasteiger partial charge in [-0.3, -0.25) is 9.80 Å². The Morgan fingerprint density at radius 1 is 0.432 bits per heavy atom. The molecule has 0 unspecified atom stereocenters. The highest BCUT2D eigenvalue weighted by molar-refractivity contribution is 5.89. The number of nitrogens with one attached hydrogen (secondary N) is 6. The second-order valence-electron chi connectivity index (χ2n) is 12.8. The Labute approximate surface area is 266 Å². The maximum Gasteiger partial charge on any atom is 0.0246 e. The highest BCUT2D eigenvalue weighted by atomic mass is 15.1. The highest BCUT2D eigenvalue weighted by Crippen LogP contribution is 2.22. The zero-order valence-corrected chi connectivity index (χ0v) is 27.3. The minimum absolute atomic E-state index is 1.02. The van der Waals surface area contributed by atoms with Gasteiger partial charge in [0.2, 0.25) is 0 Å². The zero-order chi connectivity index (χ0) is 30.1. The van der Waals surface area contributed by atoms with Crippen LogP contribution in [0.5, 0.6) is 0 Å². The summed E-state index contributed by atoms with van der Waals surface area (Å²) in [6.45, 7) is 19.3. The van der Waals surface area contributed by atoms with Gasteiger partial charge in [-0.15, -0.1) is 0 Å². The predicted octanol–water partition coefficient (Wildman–Crippen LogP) is 0.924. The van der Waals surface area contributed by atoms with Crippen molar-refractivity contribution in [3.8, 4) is 0 Å². The van der Waals surface area contributed by atoms with Gasteiger partial charge in [0.05, 0.1) is 0 Å². The third-order valence-corrected chi connectivity index (χ3v) is 9.38. The number of nitrogens with zero attached hydrogens (tertiary/aromatic N) is 2. The average Bonchev–Trinajstić information content (AvgIpc) is 3.05. The summed E-state index contributed by atoms with van der Waals surface area (Å²) in [6.07, 6.45) is 12.1. The maximum absolute atomic E-state index is 3.71. The van der Waals surface area contributed by atoms with Gasteiger partial charge in [0.1, 0.15) is 0 Å². The van der Waals surface area contributed by atoms with E-state index < -0.39 is 0 Å². The maximum atomic E-state index is 3.71. The van der Waals surface area contributed by atoms with E-state index in [1.54, 1.807) is 0 Å². The number of benzene rings is 2. The molecule has 2 aliphatic heterocycles. The molecule has 0 radical (unpaired) electrons. The highest BCUT2D eigenvalue weighted by Gasteiger charge is 2.18. The molecule has 6 N–H and O–H groups in total. The summed E-state index contributed by atoms with van der Waals surface area (Å²) in [7, 11) is 0. The Hall–Kier alpha value is -1.88. The van der Waals surface area contributed by atoms with Gasteiger partial charge in [0.25, 0.3) is 0 Å². The largest absolute Gasteiger partial charge is 0.315 e. The van der Waals surface area contributed by atoms with Crippen molar-refractivity contribution >= 4 is 22.9 Å². The molecular weight excluding hydrogens is 544 g/mol. The van der Waals surface area contributed by atoms with Crippen molar-refractivity contribution < 1.29 is 0 Å². The lowest BCUT2D eigenvalue weighted by molar-refractivity contribution is 0.258. The van der Waals surface area contributed by atoms with Crippen LogP contribution in [0.3, 0.4) is 0 Å². The molecule has 2 saturated heterocycles. The first-order chi connectivity index (χ1) is 21.9. The van der Waals surface area contributed by atoms with Crippen LogP contribution >= 0.6 is 0 Å². The second kappa shape index (κ2) is 19.6. The third kappa shape index (κ3) is 10.6. The van der Waals surface area contributed by atoms with Crippen LogP contribution in [0.2, 0.25) is 0 Å². The minimum Gasteiger partial charge on any atom is -0.315 e. The van der Waals surface area contributed by atoms with E-state index in [1.807, 2.05) is 0 Å². The van der Waals surface area contributed by atoms with E-state index in [0.29, 0.717) is 0 Å². The summed E-state index contributed by atoms with van der Waals surface area (Å²) in [4.78, 5) is 5.41. The van der Waals surface area contributed by atoms with E-state index >= 15 is 0 Å². The molecule has 0 saturated carbocycles. The van der Waals surface area contributed by atoms with E-state index in [-0.39, 0.29) is 0 Å². The molecule has 8 nitrogen and oxygen atoms in total. The second-order valence-corrected chi connectivity index (χ2v) is 12.8. The lowest BCUT2D eigenvalue weighted by atomic mass is 9.91. The summed E-state index contributed by atoms with van der Waals surface area (Å²) in [6, 6.07) is 9.30. The molecule has 0 spiro atoms. The zero-order valence-electron chi connectivity index (χ0n) is 27.3. The van der Waals surface area contributed by atoms with Crippen LogP contribution in [0.15, 0.2) is 24.3 Å². The van der Waals surface area contributed by atoms with Crippen LogP contribution in [-0.4, -0.2) is 115 Å². The van der Waals surface area contributed by atoms with Crippen molar-refractivity contribution in [1.82, 2.24) is 41.7 Å². The van der Waals surface area contributed by atoms with E-state index in [9.17, 15) is 0 Å². The Bertz CT molecular complexity index is 1110. The molecule has 244 valence electrons. The molecule has 0 aromatic heterocycles. The lowest BCUT2D eigenvalue weighted by Gasteiger charge is -2.28. The Balaban J connectivity index is 1.39. The van der Waals surface area contributed by atoms with E-state index in [2.05, 4.69) is 78.1 Å². The fourth-order valence-corrected chi connectivity index (χ4v) is 6.98. The van der Waals surface area contributed by atoms with Crippen LogP contribution in [0, 0.1) is 0 Å². The molecular formula is C36H60N8. The standard InChI is InChI=1S/C36H60N8/c1-2-10-32-31(9-1)35(29-43-25-7-17-39-21-19-37-13-5-15-41-23-27-43)33-11-3-4-12-34(33)36(32)30-44-26-8-18-40-22-20-38-14-6-16-42-24-28-44/h1-2,9-12,37-42H,3-8,13-30H2. The fraction of sp³-hybridized carbons (Fsp3) is 0.667. The van der Waals surface area contributed by atoms with Crippen molar-refractivity contribution in [3.05, 3.63) is 45.8 Å². The third-order valence-electron chi connectivity index (χ3n) is 9.38. The molecule has 2 aromatic rings. The van der Waals surface area contributed by atoms with Crippen LogP contribution in [-0.2, 0) is 13.1 Å². The molecule has 0 bridgehead atoms. The van der Waals surface area contributed by atoms with Gasteiger partial charge in [-0.2, -0.15) is 0 Å². The van der Waals surface area contributed by atoms with Gasteiger partial charge < -0.3 is 31.9 Å². The van der Waals surface area contributed by atoms with Crippen molar-refractivity contribution in [2.45, 2.75) is 51.6 Å². The first-order valence-corrected chi connectivity index (χ1v) is 17.8. The Kier molecular flexibility index (Phi) is 14.9.